The van der Waals surface area contributed by atoms with E-state index in [4.69, 9.17) is 4.74 Å². The van der Waals surface area contributed by atoms with E-state index in [0.29, 0.717) is 12.3 Å². The lowest BCUT2D eigenvalue weighted by Crippen LogP contribution is -2.46. The van der Waals surface area contributed by atoms with Crippen LogP contribution < -0.4 is 5.32 Å². The lowest BCUT2D eigenvalue weighted by Gasteiger charge is -2.37. The molecule has 2 saturated carbocycles. The number of halogens is 1. The summed E-state index contributed by atoms with van der Waals surface area (Å²) in [4.78, 5) is 26.6. The van der Waals surface area contributed by atoms with Crippen LogP contribution in [0.5, 0.6) is 0 Å². The molecule has 4 rings (SSSR count). The number of amides is 2. The van der Waals surface area contributed by atoms with E-state index in [9.17, 15) is 18.0 Å². The number of fused-ring (bicyclic) bond motifs is 1. The van der Waals surface area contributed by atoms with Crippen LogP contribution in [0.1, 0.15) is 73.3 Å². The summed E-state index contributed by atoms with van der Waals surface area (Å²) in [5, 5.41) is 2.59. The van der Waals surface area contributed by atoms with Crippen LogP contribution in [0.15, 0.2) is 42.2 Å². The average molecular weight is 563 g/mol. The highest BCUT2D eigenvalue weighted by Gasteiger charge is 2.72. The third-order valence-electron chi connectivity index (χ3n) is 9.24. The first kappa shape index (κ1) is 29.6. The molecule has 1 heterocycles. The Kier molecular flexibility index (Phi) is 7.73. The minimum atomic E-state index is -3.87. The lowest BCUT2D eigenvalue weighted by molar-refractivity contribution is -0.131. The summed E-state index contributed by atoms with van der Waals surface area (Å²) in [5.74, 6) is -2.37. The Bertz CT molecular complexity index is 1240. The van der Waals surface area contributed by atoms with Gasteiger partial charge in [-0.1, -0.05) is 58.0 Å². The molecule has 2 amide bonds. The SMILES string of the molecule is CC(C)[C@H](NC(=O)OC(C)(C)C)/C(F)=C/[C@@H](Cc1ccccc1)C(=O)N1[C@@H]2C[C@H]3CC[C@]2(CS1(=O)=O)C3(C)C. The summed E-state index contributed by atoms with van der Waals surface area (Å²) in [6.45, 7) is 12.9. The van der Waals surface area contributed by atoms with E-state index in [1.807, 2.05) is 30.3 Å². The first-order valence-electron chi connectivity index (χ1n) is 13.9. The monoisotopic (exact) mass is 562 g/mol. The predicted octanol–water partition coefficient (Wildman–Crippen LogP) is 5.61. The second-order valence-electron chi connectivity index (χ2n) is 13.5. The number of benzene rings is 1. The number of nitrogens with zero attached hydrogens (tertiary/aromatic N) is 1. The molecule has 216 valence electrons. The van der Waals surface area contributed by atoms with Crippen LogP contribution in [-0.4, -0.2) is 48.2 Å². The van der Waals surface area contributed by atoms with Crippen molar-refractivity contribution in [1.29, 1.82) is 0 Å². The van der Waals surface area contributed by atoms with Gasteiger partial charge in [-0.2, -0.15) is 0 Å². The fourth-order valence-electron chi connectivity index (χ4n) is 7.11. The van der Waals surface area contributed by atoms with Gasteiger partial charge >= 0.3 is 6.09 Å². The number of hydrogen-bond acceptors (Lipinski definition) is 5. The highest BCUT2D eigenvalue weighted by Crippen LogP contribution is 2.70. The van der Waals surface area contributed by atoms with E-state index < -0.39 is 56.9 Å². The fourth-order valence-corrected chi connectivity index (χ4v) is 9.70. The minimum absolute atomic E-state index is 0.0427. The minimum Gasteiger partial charge on any atom is -0.444 e. The Hall–Kier alpha value is -2.42. The van der Waals surface area contributed by atoms with Crippen molar-refractivity contribution in [2.24, 2.45) is 28.6 Å². The van der Waals surface area contributed by atoms with Gasteiger partial charge in [0.2, 0.25) is 15.9 Å². The molecule has 0 unspecified atom stereocenters. The number of alkyl carbamates (subject to hydrolysis) is 1. The highest BCUT2D eigenvalue weighted by molar-refractivity contribution is 7.90. The van der Waals surface area contributed by atoms with E-state index in [1.54, 1.807) is 34.6 Å². The van der Waals surface area contributed by atoms with Gasteiger partial charge in [0.1, 0.15) is 11.4 Å². The van der Waals surface area contributed by atoms with Crippen molar-refractivity contribution in [2.75, 3.05) is 5.75 Å². The van der Waals surface area contributed by atoms with Gasteiger partial charge in [0, 0.05) is 5.41 Å². The average Bonchev–Trinajstić information content (AvgIpc) is 3.29. The zero-order valence-corrected chi connectivity index (χ0v) is 25.0. The van der Waals surface area contributed by atoms with Gasteiger partial charge in [-0.05, 0) is 75.3 Å². The van der Waals surface area contributed by atoms with Crippen molar-refractivity contribution in [1.82, 2.24) is 9.62 Å². The van der Waals surface area contributed by atoms with Crippen LogP contribution in [0.25, 0.3) is 0 Å². The zero-order chi connectivity index (χ0) is 29.0. The second-order valence-corrected chi connectivity index (χ2v) is 15.3. The third-order valence-corrected chi connectivity index (χ3v) is 11.2. The van der Waals surface area contributed by atoms with Crippen molar-refractivity contribution in [3.63, 3.8) is 0 Å². The number of rotatable bonds is 7. The van der Waals surface area contributed by atoms with E-state index in [2.05, 4.69) is 19.2 Å². The predicted molar refractivity (Wildman–Crippen MR) is 149 cm³/mol. The van der Waals surface area contributed by atoms with Gasteiger partial charge < -0.3 is 10.1 Å². The lowest BCUT2D eigenvalue weighted by atomic mass is 9.69. The molecule has 9 heteroatoms. The molecule has 7 nitrogen and oxygen atoms in total. The maximum absolute atomic E-state index is 15.9. The highest BCUT2D eigenvalue weighted by atomic mass is 32.2. The van der Waals surface area contributed by atoms with E-state index >= 15 is 4.39 Å². The van der Waals surface area contributed by atoms with Crippen LogP contribution in [0.4, 0.5) is 9.18 Å². The Balaban J connectivity index is 1.68. The molecule has 39 heavy (non-hydrogen) atoms. The molecule has 0 radical (unpaired) electrons. The van der Waals surface area contributed by atoms with Gasteiger partial charge in [0.15, 0.2) is 0 Å². The molecule has 2 aliphatic carbocycles. The molecular weight excluding hydrogens is 519 g/mol. The summed E-state index contributed by atoms with van der Waals surface area (Å²) in [6.07, 6.45) is 2.98. The quantitative estimate of drug-likeness (QED) is 0.466. The Labute approximate surface area is 232 Å². The van der Waals surface area contributed by atoms with Gasteiger partial charge in [0.25, 0.3) is 0 Å². The van der Waals surface area contributed by atoms with Gasteiger partial charge in [-0.15, -0.1) is 0 Å². The molecule has 1 aromatic rings. The number of ether oxygens (including phenoxy) is 1. The fraction of sp³-hybridized carbons (Fsp3) is 0.667. The Morgan fingerprint density at radius 2 is 1.85 bits per heavy atom. The number of carbonyl (C=O) groups excluding carboxylic acids is 2. The summed E-state index contributed by atoms with van der Waals surface area (Å²) >= 11 is 0. The van der Waals surface area contributed by atoms with Crippen molar-refractivity contribution in [3.8, 4) is 0 Å². The molecule has 2 bridgehead atoms. The van der Waals surface area contributed by atoms with E-state index in [0.717, 1.165) is 22.7 Å². The first-order chi connectivity index (χ1) is 18.0. The normalized spacial score (nSPS) is 28.7. The molecule has 1 spiro atoms. The van der Waals surface area contributed by atoms with E-state index in [1.165, 1.54) is 6.08 Å². The summed E-state index contributed by atoms with van der Waals surface area (Å²) in [6, 6.07) is 7.75. The molecule has 5 atom stereocenters. The van der Waals surface area contributed by atoms with Crippen molar-refractivity contribution in [3.05, 3.63) is 47.8 Å². The standard InChI is InChI=1S/C30H43FN2O5S/c1-19(2)25(32-27(35)38-28(3,4)5)23(31)16-21(15-20-11-9-8-10-12-20)26(34)33-24-17-22-13-14-30(24,29(22,6)7)18-39(33,36)37/h8-12,16,19,21-22,24-25H,13-15,17-18H2,1-7H3,(H,32,35)/b23-16-/t21-,22-,24-,25+,30-/m1/s1. The first-order valence-corrected chi connectivity index (χ1v) is 15.6. The summed E-state index contributed by atoms with van der Waals surface area (Å²) in [5.41, 5.74) is -0.618. The molecule has 3 fully saturated rings. The van der Waals surface area contributed by atoms with Crippen LogP contribution in [-0.2, 0) is 26.0 Å². The summed E-state index contributed by atoms with van der Waals surface area (Å²) in [7, 11) is -3.87. The van der Waals surface area contributed by atoms with E-state index in [-0.39, 0.29) is 23.5 Å². The molecule has 1 N–H and O–H groups in total. The van der Waals surface area contributed by atoms with Crippen molar-refractivity contribution < 1.29 is 27.1 Å². The number of sulfonamides is 1. The summed E-state index contributed by atoms with van der Waals surface area (Å²) < 4.78 is 49.5. The number of hydrogen-bond donors (Lipinski definition) is 1. The van der Waals surface area contributed by atoms with Crippen LogP contribution in [0, 0.1) is 28.6 Å². The number of carbonyl (C=O) groups is 2. The molecular formula is C30H43FN2O5S. The Morgan fingerprint density at radius 3 is 2.41 bits per heavy atom. The molecule has 0 aromatic heterocycles. The second kappa shape index (κ2) is 10.2. The topological polar surface area (TPSA) is 92.8 Å². The van der Waals surface area contributed by atoms with Crippen LogP contribution in [0.2, 0.25) is 0 Å². The third kappa shape index (κ3) is 5.48. The molecule has 1 aromatic carbocycles. The van der Waals surface area contributed by atoms with Gasteiger partial charge in [0.05, 0.1) is 23.8 Å². The maximum Gasteiger partial charge on any atom is 0.408 e. The van der Waals surface area contributed by atoms with Crippen LogP contribution >= 0.6 is 0 Å². The van der Waals surface area contributed by atoms with Gasteiger partial charge in [-0.3, -0.25) is 4.79 Å². The largest absolute Gasteiger partial charge is 0.444 e. The van der Waals surface area contributed by atoms with Crippen molar-refractivity contribution >= 4 is 22.0 Å². The molecule has 1 aliphatic heterocycles. The van der Waals surface area contributed by atoms with Gasteiger partial charge in [-0.25, -0.2) is 21.9 Å². The number of nitrogens with one attached hydrogen (secondary N) is 1. The zero-order valence-electron chi connectivity index (χ0n) is 24.2. The Morgan fingerprint density at radius 1 is 1.21 bits per heavy atom. The van der Waals surface area contributed by atoms with Crippen molar-refractivity contribution in [2.45, 2.75) is 91.8 Å². The smallest absolute Gasteiger partial charge is 0.408 e. The maximum atomic E-state index is 15.9. The molecule has 1 saturated heterocycles. The van der Waals surface area contributed by atoms with Crippen LogP contribution in [0.3, 0.4) is 0 Å². The molecule has 3 aliphatic rings.